The van der Waals surface area contributed by atoms with Crippen LogP contribution in [0.1, 0.15) is 16.8 Å². The number of nitrogens with zero attached hydrogens (tertiary/aromatic N) is 1. The van der Waals surface area contributed by atoms with Crippen LogP contribution in [0.4, 0.5) is 0 Å². The number of aryl methyl sites for hydroxylation is 1. The summed E-state index contributed by atoms with van der Waals surface area (Å²) in [5, 5.41) is 1.10. The molecule has 0 amide bonds. The Kier molecular flexibility index (Phi) is 2.88. The highest BCUT2D eigenvalue weighted by atomic mass is 16.1. The molecule has 3 nitrogen and oxygen atoms in total. The first-order valence-electron chi connectivity index (χ1n) is 6.25. The molecule has 0 fully saturated rings. The Bertz CT molecular complexity index is 785. The van der Waals surface area contributed by atoms with Crippen molar-refractivity contribution in [3.8, 4) is 0 Å². The van der Waals surface area contributed by atoms with Crippen molar-refractivity contribution in [2.75, 3.05) is 0 Å². The fraction of sp³-hybridized carbons (Fsp3) is 0.125. The second-order valence-electron chi connectivity index (χ2n) is 4.61. The van der Waals surface area contributed by atoms with E-state index in [1.807, 2.05) is 37.3 Å². The highest BCUT2D eigenvalue weighted by Gasteiger charge is 2.07. The maximum Gasteiger partial charge on any atom is 0.185 e. The van der Waals surface area contributed by atoms with E-state index in [0.717, 1.165) is 27.7 Å². The van der Waals surface area contributed by atoms with E-state index >= 15 is 0 Å². The van der Waals surface area contributed by atoms with E-state index in [1.165, 1.54) is 0 Å². The van der Waals surface area contributed by atoms with Crippen LogP contribution in [0.25, 0.3) is 10.9 Å². The average molecular weight is 250 g/mol. The fourth-order valence-corrected chi connectivity index (χ4v) is 2.33. The Morgan fingerprint density at radius 3 is 2.84 bits per heavy atom. The summed E-state index contributed by atoms with van der Waals surface area (Å²) in [7, 11) is 0. The zero-order valence-electron chi connectivity index (χ0n) is 10.7. The van der Waals surface area contributed by atoms with Crippen LogP contribution in [0, 0.1) is 6.92 Å². The zero-order chi connectivity index (χ0) is 13.2. The molecule has 0 aliphatic rings. The molecule has 0 atom stereocenters. The van der Waals surface area contributed by atoms with Crippen molar-refractivity contribution in [3.63, 3.8) is 0 Å². The van der Waals surface area contributed by atoms with Gasteiger partial charge in [-0.2, -0.15) is 0 Å². The maximum atomic E-state index is 11.9. The van der Waals surface area contributed by atoms with Crippen LogP contribution < -0.4 is 5.43 Å². The Morgan fingerprint density at radius 2 is 2.00 bits per heavy atom. The first-order valence-corrected chi connectivity index (χ1v) is 6.25. The smallest absolute Gasteiger partial charge is 0.185 e. The number of nitrogens with one attached hydrogen (secondary N) is 1. The number of aromatic nitrogens is 2. The lowest BCUT2D eigenvalue weighted by atomic mass is 10.0. The van der Waals surface area contributed by atoms with Gasteiger partial charge in [0, 0.05) is 41.5 Å². The van der Waals surface area contributed by atoms with Crippen molar-refractivity contribution in [3.05, 3.63) is 75.8 Å². The van der Waals surface area contributed by atoms with E-state index in [-0.39, 0.29) is 5.43 Å². The summed E-state index contributed by atoms with van der Waals surface area (Å²) in [4.78, 5) is 19.4. The van der Waals surface area contributed by atoms with Crippen LogP contribution in [0.5, 0.6) is 0 Å². The molecule has 0 saturated carbocycles. The van der Waals surface area contributed by atoms with Gasteiger partial charge in [0.1, 0.15) is 0 Å². The molecule has 0 spiro atoms. The van der Waals surface area contributed by atoms with Gasteiger partial charge in [-0.1, -0.05) is 18.2 Å². The van der Waals surface area contributed by atoms with Gasteiger partial charge in [0.15, 0.2) is 5.43 Å². The molecule has 19 heavy (non-hydrogen) atoms. The molecule has 3 aromatic rings. The van der Waals surface area contributed by atoms with Crippen LogP contribution in [-0.2, 0) is 6.42 Å². The van der Waals surface area contributed by atoms with Crippen molar-refractivity contribution in [2.45, 2.75) is 13.3 Å². The van der Waals surface area contributed by atoms with Crippen LogP contribution in [0.15, 0.2) is 53.6 Å². The summed E-state index contributed by atoms with van der Waals surface area (Å²) in [6.07, 6.45) is 4.11. The normalized spacial score (nSPS) is 10.8. The molecular formula is C16H14N2O. The minimum Gasteiger partial charge on any atom is -0.365 e. The Labute approximate surface area is 111 Å². The van der Waals surface area contributed by atoms with Gasteiger partial charge >= 0.3 is 0 Å². The lowest BCUT2D eigenvalue weighted by Gasteiger charge is -2.07. The molecular weight excluding hydrogens is 236 g/mol. The molecule has 94 valence electrons. The number of rotatable bonds is 2. The van der Waals surface area contributed by atoms with E-state index < -0.39 is 0 Å². The molecule has 3 rings (SSSR count). The maximum absolute atomic E-state index is 11.9. The average Bonchev–Trinajstić information content (AvgIpc) is 2.43. The second-order valence-corrected chi connectivity index (χ2v) is 4.61. The first kappa shape index (κ1) is 11.7. The monoisotopic (exact) mass is 250 g/mol. The first-order chi connectivity index (χ1) is 9.25. The Balaban J connectivity index is 2.14. The molecule has 0 aliphatic heterocycles. The van der Waals surface area contributed by atoms with Gasteiger partial charge in [0.05, 0.1) is 5.52 Å². The topological polar surface area (TPSA) is 45.8 Å². The number of aromatic amines is 1. The van der Waals surface area contributed by atoms with Crippen molar-refractivity contribution in [1.29, 1.82) is 0 Å². The van der Waals surface area contributed by atoms with Crippen LogP contribution in [0.2, 0.25) is 0 Å². The molecule has 0 radical (unpaired) electrons. The standard InChI is InChI=1S/C16H14N2O/c1-11-14(16(19)7-9-17-11)10-12-6-8-18-15-5-3-2-4-13(12)15/h2-9H,10H2,1H3,(H,17,19). The van der Waals surface area contributed by atoms with Gasteiger partial charge in [0.25, 0.3) is 0 Å². The summed E-state index contributed by atoms with van der Waals surface area (Å²) >= 11 is 0. The lowest BCUT2D eigenvalue weighted by Crippen LogP contribution is -2.11. The highest BCUT2D eigenvalue weighted by Crippen LogP contribution is 2.19. The predicted molar refractivity (Wildman–Crippen MR) is 76.3 cm³/mol. The van der Waals surface area contributed by atoms with Crippen LogP contribution in [-0.4, -0.2) is 9.97 Å². The molecule has 2 aromatic heterocycles. The fourth-order valence-electron chi connectivity index (χ4n) is 2.33. The number of hydrogen-bond donors (Lipinski definition) is 1. The third kappa shape index (κ3) is 2.15. The molecule has 0 aliphatic carbocycles. The summed E-state index contributed by atoms with van der Waals surface area (Å²) < 4.78 is 0. The molecule has 3 heteroatoms. The van der Waals surface area contributed by atoms with Gasteiger partial charge < -0.3 is 4.98 Å². The molecule has 0 saturated heterocycles. The van der Waals surface area contributed by atoms with Gasteiger partial charge in [-0.3, -0.25) is 9.78 Å². The number of hydrogen-bond acceptors (Lipinski definition) is 2. The number of pyridine rings is 2. The number of H-pyrrole nitrogens is 1. The molecule has 1 aromatic carbocycles. The van der Waals surface area contributed by atoms with E-state index in [9.17, 15) is 4.79 Å². The van der Waals surface area contributed by atoms with Crippen LogP contribution in [0.3, 0.4) is 0 Å². The van der Waals surface area contributed by atoms with Crippen molar-refractivity contribution < 1.29 is 0 Å². The third-order valence-corrected chi connectivity index (χ3v) is 3.39. The summed E-state index contributed by atoms with van der Waals surface area (Å²) in [6, 6.07) is 11.6. The predicted octanol–water partition coefficient (Wildman–Crippen LogP) is 2.82. The molecule has 0 unspecified atom stereocenters. The van der Waals surface area contributed by atoms with Crippen molar-refractivity contribution in [1.82, 2.24) is 9.97 Å². The number of para-hydroxylation sites is 1. The van der Waals surface area contributed by atoms with E-state index in [0.29, 0.717) is 6.42 Å². The van der Waals surface area contributed by atoms with Crippen LogP contribution >= 0.6 is 0 Å². The number of fused-ring (bicyclic) bond motifs is 1. The van der Waals surface area contributed by atoms with Gasteiger partial charge in [-0.05, 0) is 24.6 Å². The third-order valence-electron chi connectivity index (χ3n) is 3.39. The Hall–Kier alpha value is -2.42. The summed E-state index contributed by atoms with van der Waals surface area (Å²) in [6.45, 7) is 1.93. The van der Waals surface area contributed by atoms with E-state index in [4.69, 9.17) is 0 Å². The van der Waals surface area contributed by atoms with Gasteiger partial charge in [0.2, 0.25) is 0 Å². The lowest BCUT2D eigenvalue weighted by molar-refractivity contribution is 1.06. The minimum absolute atomic E-state index is 0.0807. The minimum atomic E-state index is 0.0807. The largest absolute Gasteiger partial charge is 0.365 e. The Morgan fingerprint density at radius 1 is 1.16 bits per heavy atom. The zero-order valence-corrected chi connectivity index (χ0v) is 10.7. The quantitative estimate of drug-likeness (QED) is 0.760. The van der Waals surface area contributed by atoms with Crippen molar-refractivity contribution >= 4 is 10.9 Å². The number of benzene rings is 1. The molecule has 1 N–H and O–H groups in total. The second kappa shape index (κ2) is 4.69. The van der Waals surface area contributed by atoms with Gasteiger partial charge in [-0.15, -0.1) is 0 Å². The van der Waals surface area contributed by atoms with Crippen molar-refractivity contribution in [2.24, 2.45) is 0 Å². The SMILES string of the molecule is Cc1[nH]ccc(=O)c1Cc1ccnc2ccccc12. The molecule has 0 bridgehead atoms. The van der Waals surface area contributed by atoms with Gasteiger partial charge in [-0.25, -0.2) is 0 Å². The van der Waals surface area contributed by atoms with E-state index in [1.54, 1.807) is 18.5 Å². The summed E-state index contributed by atoms with van der Waals surface area (Å²) in [5.41, 5.74) is 3.92. The highest BCUT2D eigenvalue weighted by molar-refractivity contribution is 5.82. The molecule has 2 heterocycles. The van der Waals surface area contributed by atoms with E-state index in [2.05, 4.69) is 9.97 Å². The summed E-state index contributed by atoms with van der Waals surface area (Å²) in [5.74, 6) is 0.